The van der Waals surface area contributed by atoms with Crippen LogP contribution >= 0.6 is 0 Å². The first-order valence-corrected chi connectivity index (χ1v) is 5.97. The van der Waals surface area contributed by atoms with Gasteiger partial charge in [-0.15, -0.1) is 0 Å². The van der Waals surface area contributed by atoms with E-state index < -0.39 is 11.5 Å². The fraction of sp³-hybridized carbons (Fsp3) is 0.615. The lowest BCUT2D eigenvalue weighted by atomic mass is 9.78. The molecule has 4 heteroatoms. The van der Waals surface area contributed by atoms with Gasteiger partial charge in [-0.3, -0.25) is 0 Å². The molecule has 1 aromatic rings. The van der Waals surface area contributed by atoms with E-state index in [4.69, 9.17) is 9.15 Å². The quantitative estimate of drug-likeness (QED) is 0.872. The van der Waals surface area contributed by atoms with Crippen LogP contribution in [-0.2, 0) is 11.2 Å². The van der Waals surface area contributed by atoms with Crippen molar-refractivity contribution in [1.29, 1.82) is 5.26 Å². The summed E-state index contributed by atoms with van der Waals surface area (Å²) in [5, 5.41) is 19.6. The molecule has 1 saturated heterocycles. The van der Waals surface area contributed by atoms with Crippen molar-refractivity contribution in [1.82, 2.24) is 0 Å². The van der Waals surface area contributed by atoms with E-state index in [-0.39, 0.29) is 6.61 Å². The normalized spacial score (nSPS) is 26.4. The number of nitriles is 1. The van der Waals surface area contributed by atoms with Crippen molar-refractivity contribution >= 4 is 0 Å². The summed E-state index contributed by atoms with van der Waals surface area (Å²) in [5.41, 5.74) is -0.860. The second-order valence-electron chi connectivity index (χ2n) is 4.48. The number of hydrogen-bond acceptors (Lipinski definition) is 4. The van der Waals surface area contributed by atoms with Gasteiger partial charge in [-0.25, -0.2) is 0 Å². The Morgan fingerprint density at radius 2 is 2.41 bits per heavy atom. The minimum Gasteiger partial charge on any atom is -0.463 e. The van der Waals surface area contributed by atoms with Crippen LogP contribution < -0.4 is 0 Å². The van der Waals surface area contributed by atoms with Crippen molar-refractivity contribution < 1.29 is 14.3 Å². The molecular weight excluding hydrogens is 218 g/mol. The van der Waals surface area contributed by atoms with Gasteiger partial charge in [0.1, 0.15) is 23.0 Å². The second kappa shape index (κ2) is 4.91. The standard InChI is InChI=1S/C13H17NO3/c1-2-10-4-5-11(17-10)12(15)13(8-14)6-3-7-16-9-13/h4-5,12,15H,2-3,6-7,9H2,1H3. The molecule has 4 nitrogen and oxygen atoms in total. The highest BCUT2D eigenvalue weighted by molar-refractivity contribution is 5.17. The van der Waals surface area contributed by atoms with Crippen molar-refractivity contribution in [3.05, 3.63) is 23.7 Å². The van der Waals surface area contributed by atoms with Gasteiger partial charge in [0.25, 0.3) is 0 Å². The Hall–Kier alpha value is -1.31. The maximum absolute atomic E-state index is 10.3. The minimum absolute atomic E-state index is 0.271. The zero-order valence-electron chi connectivity index (χ0n) is 9.98. The fourth-order valence-corrected chi connectivity index (χ4v) is 2.18. The third-order valence-electron chi connectivity index (χ3n) is 3.32. The molecule has 2 unspecified atom stereocenters. The van der Waals surface area contributed by atoms with Crippen molar-refractivity contribution in [2.75, 3.05) is 13.2 Å². The van der Waals surface area contributed by atoms with Gasteiger partial charge in [-0.2, -0.15) is 5.26 Å². The highest BCUT2D eigenvalue weighted by Crippen LogP contribution is 2.40. The monoisotopic (exact) mass is 235 g/mol. The molecule has 1 aromatic heterocycles. The first-order chi connectivity index (χ1) is 8.22. The zero-order valence-corrected chi connectivity index (χ0v) is 9.98. The molecule has 0 amide bonds. The molecule has 2 rings (SSSR count). The Morgan fingerprint density at radius 1 is 1.59 bits per heavy atom. The highest BCUT2D eigenvalue weighted by Gasteiger charge is 2.42. The molecule has 0 saturated carbocycles. The van der Waals surface area contributed by atoms with E-state index in [2.05, 4.69) is 6.07 Å². The zero-order chi connectivity index (χ0) is 12.3. The number of rotatable bonds is 3. The molecule has 2 atom stereocenters. The van der Waals surface area contributed by atoms with Crippen LogP contribution in [0.3, 0.4) is 0 Å². The Kier molecular flexibility index (Phi) is 3.51. The Bertz CT molecular complexity index is 413. The van der Waals surface area contributed by atoms with Gasteiger partial charge < -0.3 is 14.3 Å². The van der Waals surface area contributed by atoms with Crippen LogP contribution in [0.1, 0.15) is 37.4 Å². The average Bonchev–Trinajstić information content (AvgIpc) is 2.87. The van der Waals surface area contributed by atoms with E-state index >= 15 is 0 Å². The predicted octanol–water partition coefficient (Wildman–Crippen LogP) is 2.20. The molecule has 0 bridgehead atoms. The molecule has 1 aliphatic rings. The summed E-state index contributed by atoms with van der Waals surface area (Å²) in [6, 6.07) is 5.80. The smallest absolute Gasteiger partial charge is 0.134 e. The van der Waals surface area contributed by atoms with Gasteiger partial charge in [-0.1, -0.05) is 6.92 Å². The molecule has 2 heterocycles. The van der Waals surface area contributed by atoms with Crippen molar-refractivity contribution in [3.63, 3.8) is 0 Å². The van der Waals surface area contributed by atoms with E-state index in [0.29, 0.717) is 18.8 Å². The van der Waals surface area contributed by atoms with Crippen molar-refractivity contribution in [2.24, 2.45) is 5.41 Å². The van der Waals surface area contributed by atoms with Gasteiger partial charge in [0.05, 0.1) is 12.7 Å². The van der Waals surface area contributed by atoms with Crippen LogP contribution in [0.15, 0.2) is 16.5 Å². The van der Waals surface area contributed by atoms with Gasteiger partial charge in [0.15, 0.2) is 0 Å². The number of hydrogen-bond donors (Lipinski definition) is 1. The average molecular weight is 235 g/mol. The number of nitrogens with zero attached hydrogens (tertiary/aromatic N) is 1. The van der Waals surface area contributed by atoms with E-state index in [0.717, 1.165) is 18.6 Å². The molecule has 0 spiro atoms. The van der Waals surface area contributed by atoms with Gasteiger partial charge in [-0.05, 0) is 25.0 Å². The third kappa shape index (κ3) is 2.21. The van der Waals surface area contributed by atoms with Crippen LogP contribution in [0, 0.1) is 16.7 Å². The summed E-state index contributed by atoms with van der Waals surface area (Å²) >= 11 is 0. The lowest BCUT2D eigenvalue weighted by Gasteiger charge is -2.33. The molecular formula is C13H17NO3. The topological polar surface area (TPSA) is 66.4 Å². The third-order valence-corrected chi connectivity index (χ3v) is 3.32. The number of aliphatic hydroxyl groups is 1. The number of aryl methyl sites for hydroxylation is 1. The molecule has 1 aliphatic heterocycles. The second-order valence-corrected chi connectivity index (χ2v) is 4.48. The van der Waals surface area contributed by atoms with E-state index in [9.17, 15) is 10.4 Å². The maximum atomic E-state index is 10.3. The van der Waals surface area contributed by atoms with Gasteiger partial charge in [0.2, 0.25) is 0 Å². The summed E-state index contributed by atoms with van der Waals surface area (Å²) in [6.07, 6.45) is 1.31. The Balaban J connectivity index is 2.22. The summed E-state index contributed by atoms with van der Waals surface area (Å²) in [5.74, 6) is 1.29. The molecule has 17 heavy (non-hydrogen) atoms. The lowest BCUT2D eigenvalue weighted by molar-refractivity contribution is -0.0582. The van der Waals surface area contributed by atoms with Crippen molar-refractivity contribution in [2.45, 2.75) is 32.3 Å². The van der Waals surface area contributed by atoms with Crippen LogP contribution in [0.5, 0.6) is 0 Å². The Morgan fingerprint density at radius 3 is 2.94 bits per heavy atom. The number of furan rings is 1. The summed E-state index contributed by atoms with van der Waals surface area (Å²) in [7, 11) is 0. The first kappa shape index (κ1) is 12.2. The Labute approximate surface area is 101 Å². The summed E-state index contributed by atoms with van der Waals surface area (Å²) in [6.45, 7) is 2.92. The van der Waals surface area contributed by atoms with Crippen LogP contribution in [-0.4, -0.2) is 18.3 Å². The van der Waals surface area contributed by atoms with Crippen molar-refractivity contribution in [3.8, 4) is 6.07 Å². The summed E-state index contributed by atoms with van der Waals surface area (Å²) < 4.78 is 10.8. The van der Waals surface area contributed by atoms with Crippen LogP contribution in [0.2, 0.25) is 0 Å². The SMILES string of the molecule is CCc1ccc(C(O)C2(C#N)CCCOC2)o1. The van der Waals surface area contributed by atoms with E-state index in [1.807, 2.05) is 13.0 Å². The largest absolute Gasteiger partial charge is 0.463 e. The molecule has 1 N–H and O–H groups in total. The lowest BCUT2D eigenvalue weighted by Crippen LogP contribution is -2.36. The van der Waals surface area contributed by atoms with E-state index in [1.165, 1.54) is 0 Å². The fourth-order valence-electron chi connectivity index (χ4n) is 2.18. The van der Waals surface area contributed by atoms with E-state index in [1.54, 1.807) is 6.07 Å². The first-order valence-electron chi connectivity index (χ1n) is 5.97. The van der Waals surface area contributed by atoms with Crippen LogP contribution in [0.25, 0.3) is 0 Å². The summed E-state index contributed by atoms with van der Waals surface area (Å²) in [4.78, 5) is 0. The molecule has 1 fully saturated rings. The van der Waals surface area contributed by atoms with Gasteiger partial charge >= 0.3 is 0 Å². The minimum atomic E-state index is -0.909. The predicted molar refractivity (Wildman–Crippen MR) is 61.1 cm³/mol. The molecule has 92 valence electrons. The van der Waals surface area contributed by atoms with Crippen LogP contribution in [0.4, 0.5) is 0 Å². The molecule has 0 aliphatic carbocycles. The van der Waals surface area contributed by atoms with Gasteiger partial charge in [0, 0.05) is 13.0 Å². The number of ether oxygens (including phenoxy) is 1. The molecule has 0 aromatic carbocycles. The highest BCUT2D eigenvalue weighted by atomic mass is 16.5. The molecule has 0 radical (unpaired) electrons. The maximum Gasteiger partial charge on any atom is 0.134 e. The number of aliphatic hydroxyl groups excluding tert-OH is 1.